The molecule has 0 saturated heterocycles. The molecule has 4 aromatic rings. The van der Waals surface area contributed by atoms with Crippen LogP contribution in [0.1, 0.15) is 50.6 Å². The molecule has 0 unspecified atom stereocenters. The number of aromatic nitrogens is 3. The van der Waals surface area contributed by atoms with E-state index in [4.69, 9.17) is 0 Å². The lowest BCUT2D eigenvalue weighted by Gasteiger charge is -2.15. The van der Waals surface area contributed by atoms with Crippen molar-refractivity contribution < 1.29 is 14.4 Å². The van der Waals surface area contributed by atoms with Crippen LogP contribution >= 0.6 is 0 Å². The van der Waals surface area contributed by atoms with E-state index >= 15 is 0 Å². The highest BCUT2D eigenvalue weighted by atomic mass is 16.2. The molecule has 0 spiro atoms. The summed E-state index contributed by atoms with van der Waals surface area (Å²) in [7, 11) is 0. The number of nitrogens with one attached hydrogen (secondary N) is 1. The molecule has 3 amide bonds. The molecule has 0 fully saturated rings. The zero-order valence-corrected chi connectivity index (χ0v) is 19.1. The van der Waals surface area contributed by atoms with Crippen molar-refractivity contribution in [1.29, 1.82) is 0 Å². The van der Waals surface area contributed by atoms with Gasteiger partial charge in [-0.1, -0.05) is 32.0 Å². The molecular formula is C26H23N5O3. The normalized spacial score (nSPS) is 13.1. The zero-order valence-electron chi connectivity index (χ0n) is 19.1. The van der Waals surface area contributed by atoms with Crippen LogP contribution in [-0.4, -0.2) is 43.9 Å². The fourth-order valence-electron chi connectivity index (χ4n) is 4.09. The van der Waals surface area contributed by atoms with Crippen molar-refractivity contribution in [3.8, 4) is 5.82 Å². The molecular weight excluding hydrogens is 430 g/mol. The third-order valence-electron chi connectivity index (χ3n) is 5.65. The quantitative estimate of drug-likeness (QED) is 0.456. The number of benzene rings is 2. The molecule has 8 heteroatoms. The molecule has 5 rings (SSSR count). The van der Waals surface area contributed by atoms with E-state index < -0.39 is 5.91 Å². The number of pyridine rings is 1. The molecule has 0 bridgehead atoms. The van der Waals surface area contributed by atoms with Gasteiger partial charge in [0, 0.05) is 23.6 Å². The Bertz CT molecular complexity index is 1470. The van der Waals surface area contributed by atoms with Crippen LogP contribution in [0.4, 0.5) is 5.82 Å². The van der Waals surface area contributed by atoms with Gasteiger partial charge >= 0.3 is 0 Å². The largest absolute Gasteiger partial charge is 0.306 e. The summed E-state index contributed by atoms with van der Waals surface area (Å²) < 4.78 is 1.58. The number of hydrogen-bond donors (Lipinski definition) is 1. The Labute approximate surface area is 196 Å². The Morgan fingerprint density at radius 2 is 1.74 bits per heavy atom. The maximum absolute atomic E-state index is 13.1. The average molecular weight is 454 g/mol. The second kappa shape index (κ2) is 8.22. The van der Waals surface area contributed by atoms with Crippen molar-refractivity contribution in [2.75, 3.05) is 11.9 Å². The molecule has 3 heterocycles. The summed E-state index contributed by atoms with van der Waals surface area (Å²) in [6.07, 6.45) is 0. The van der Waals surface area contributed by atoms with Gasteiger partial charge in [-0.15, -0.1) is 0 Å². The minimum Gasteiger partial charge on any atom is -0.306 e. The topological polar surface area (TPSA) is 97.2 Å². The number of nitrogens with zero attached hydrogens (tertiary/aromatic N) is 4. The van der Waals surface area contributed by atoms with Crippen molar-refractivity contribution >= 4 is 34.4 Å². The Kier molecular flexibility index (Phi) is 5.20. The second-order valence-electron chi connectivity index (χ2n) is 8.77. The van der Waals surface area contributed by atoms with Crippen molar-refractivity contribution in [2.45, 2.75) is 20.8 Å². The van der Waals surface area contributed by atoms with E-state index in [9.17, 15) is 14.4 Å². The van der Waals surface area contributed by atoms with E-state index in [-0.39, 0.29) is 28.9 Å². The van der Waals surface area contributed by atoms with Crippen molar-refractivity contribution in [3.05, 3.63) is 83.0 Å². The van der Waals surface area contributed by atoms with Crippen molar-refractivity contribution in [1.82, 2.24) is 19.7 Å². The molecule has 1 aliphatic heterocycles. The van der Waals surface area contributed by atoms with Crippen LogP contribution in [0, 0.1) is 12.8 Å². The highest BCUT2D eigenvalue weighted by Gasteiger charge is 2.36. The number of anilines is 1. The number of hydrogen-bond acceptors (Lipinski definition) is 5. The molecule has 0 radical (unpaired) electrons. The van der Waals surface area contributed by atoms with Crippen LogP contribution in [0.2, 0.25) is 0 Å². The van der Waals surface area contributed by atoms with Crippen LogP contribution in [0.15, 0.2) is 60.7 Å². The number of fused-ring (bicyclic) bond motifs is 2. The standard InChI is InChI=1S/C26H23N5O3/c1-15(2)14-30-25(33)19-10-8-18(13-20(19)26(30)34)24(32)28-23-12-16(3)29-31(23)22-11-9-17-6-4-5-7-21(17)27-22/h4-13,15H,14H2,1-3H3,(H,28,32). The predicted octanol–water partition coefficient (Wildman–Crippen LogP) is 4.23. The summed E-state index contributed by atoms with van der Waals surface area (Å²) in [5.74, 6) is 0.0710. The summed E-state index contributed by atoms with van der Waals surface area (Å²) in [5.41, 5.74) is 2.38. The molecule has 1 aliphatic rings. The minimum atomic E-state index is -0.410. The average Bonchev–Trinajstić information content (AvgIpc) is 3.30. The van der Waals surface area contributed by atoms with Crippen LogP contribution in [0.3, 0.4) is 0 Å². The maximum Gasteiger partial charge on any atom is 0.261 e. The van der Waals surface area contributed by atoms with E-state index in [1.165, 1.54) is 17.0 Å². The molecule has 2 aromatic heterocycles. The van der Waals surface area contributed by atoms with Gasteiger partial charge in [-0.05, 0) is 49.2 Å². The monoisotopic (exact) mass is 453 g/mol. The van der Waals surface area contributed by atoms with Crippen molar-refractivity contribution in [2.24, 2.45) is 5.92 Å². The third kappa shape index (κ3) is 3.73. The zero-order chi connectivity index (χ0) is 24.0. The van der Waals surface area contributed by atoms with Gasteiger partial charge in [0.05, 0.1) is 22.3 Å². The summed E-state index contributed by atoms with van der Waals surface area (Å²) in [4.78, 5) is 44.4. The molecule has 8 nitrogen and oxygen atoms in total. The highest BCUT2D eigenvalue weighted by molar-refractivity contribution is 6.22. The van der Waals surface area contributed by atoms with Gasteiger partial charge in [0.15, 0.2) is 5.82 Å². The highest BCUT2D eigenvalue weighted by Crippen LogP contribution is 2.26. The van der Waals surface area contributed by atoms with Gasteiger partial charge < -0.3 is 5.32 Å². The van der Waals surface area contributed by atoms with Gasteiger partial charge in [-0.2, -0.15) is 9.78 Å². The van der Waals surface area contributed by atoms with E-state index in [0.717, 1.165) is 10.9 Å². The lowest BCUT2D eigenvalue weighted by molar-refractivity contribution is 0.0636. The number of amides is 3. The molecule has 0 aliphatic carbocycles. The summed E-state index contributed by atoms with van der Waals surface area (Å²) in [6.45, 7) is 6.05. The third-order valence-corrected chi connectivity index (χ3v) is 5.65. The lowest BCUT2D eigenvalue weighted by Crippen LogP contribution is -2.33. The molecule has 34 heavy (non-hydrogen) atoms. The molecule has 2 aromatic carbocycles. The van der Waals surface area contributed by atoms with Crippen molar-refractivity contribution in [3.63, 3.8) is 0 Å². The number of aryl methyl sites for hydroxylation is 1. The van der Waals surface area contributed by atoms with E-state index in [1.807, 2.05) is 57.2 Å². The smallest absolute Gasteiger partial charge is 0.261 e. The first-order valence-electron chi connectivity index (χ1n) is 11.1. The predicted molar refractivity (Wildman–Crippen MR) is 128 cm³/mol. The Hall–Kier alpha value is -4.33. The van der Waals surface area contributed by atoms with Gasteiger partial charge in [0.25, 0.3) is 17.7 Å². The first-order chi connectivity index (χ1) is 16.3. The molecule has 170 valence electrons. The summed E-state index contributed by atoms with van der Waals surface area (Å²) >= 11 is 0. The van der Waals surface area contributed by atoms with E-state index in [2.05, 4.69) is 15.4 Å². The molecule has 1 N–H and O–H groups in total. The first-order valence-corrected chi connectivity index (χ1v) is 11.1. The minimum absolute atomic E-state index is 0.150. The number of imide groups is 1. The van der Waals surface area contributed by atoms with E-state index in [0.29, 0.717) is 29.4 Å². The Morgan fingerprint density at radius 3 is 2.53 bits per heavy atom. The number of rotatable bonds is 5. The van der Waals surface area contributed by atoms with Gasteiger partial charge in [0.2, 0.25) is 0 Å². The Balaban J connectivity index is 1.44. The SMILES string of the molecule is Cc1cc(NC(=O)c2ccc3c(c2)C(=O)N(CC(C)C)C3=O)n(-c2ccc3ccccc3n2)n1. The fraction of sp³-hybridized carbons (Fsp3) is 0.192. The number of carbonyl (C=O) groups is 3. The molecule has 0 saturated carbocycles. The van der Waals surface area contributed by atoms with Gasteiger partial charge in [-0.25, -0.2) is 4.98 Å². The summed E-state index contributed by atoms with van der Waals surface area (Å²) in [6, 6.07) is 17.9. The second-order valence-corrected chi connectivity index (χ2v) is 8.77. The maximum atomic E-state index is 13.1. The first kappa shape index (κ1) is 21.5. The van der Waals surface area contributed by atoms with Crippen LogP contribution in [0.5, 0.6) is 0 Å². The van der Waals surface area contributed by atoms with Gasteiger partial charge in [0.1, 0.15) is 5.82 Å². The van der Waals surface area contributed by atoms with Gasteiger partial charge in [-0.3, -0.25) is 19.3 Å². The fourth-order valence-corrected chi connectivity index (χ4v) is 4.09. The Morgan fingerprint density at radius 1 is 0.971 bits per heavy atom. The van der Waals surface area contributed by atoms with Crippen LogP contribution in [0.25, 0.3) is 16.7 Å². The van der Waals surface area contributed by atoms with Crippen LogP contribution in [-0.2, 0) is 0 Å². The molecule has 0 atom stereocenters. The lowest BCUT2D eigenvalue weighted by atomic mass is 10.1. The van der Waals surface area contributed by atoms with E-state index in [1.54, 1.807) is 16.8 Å². The summed E-state index contributed by atoms with van der Waals surface area (Å²) in [5, 5.41) is 8.36. The van der Waals surface area contributed by atoms with Crippen LogP contribution < -0.4 is 5.32 Å². The number of carbonyl (C=O) groups excluding carboxylic acids is 3. The number of para-hydroxylation sites is 1.